The van der Waals surface area contributed by atoms with Gasteiger partial charge in [-0.15, -0.1) is 0 Å². The molecule has 0 aliphatic carbocycles. The Labute approximate surface area is 64.1 Å². The van der Waals surface area contributed by atoms with Crippen LogP contribution in [-0.4, -0.2) is 0 Å². The van der Waals surface area contributed by atoms with Crippen LogP contribution in [0.2, 0.25) is 0 Å². The molecule has 0 aromatic heterocycles. The summed E-state index contributed by atoms with van der Waals surface area (Å²) >= 11 is 0. The molecule has 0 nitrogen and oxygen atoms in total. The molecule has 4 heteroatoms. The smallest absolute Gasteiger partial charge is 0 e. The van der Waals surface area contributed by atoms with Crippen LogP contribution in [0.15, 0.2) is 0 Å². The molecule has 2 radical (unpaired) electrons. The van der Waals surface area contributed by atoms with Gasteiger partial charge >= 0.3 is 0 Å². The van der Waals surface area contributed by atoms with Gasteiger partial charge in [-0.25, -0.2) is 0 Å². The SMILES string of the molecule is S.[Co].[Cu].[Fe]. The van der Waals surface area contributed by atoms with E-state index in [2.05, 4.69) is 0 Å². The van der Waals surface area contributed by atoms with Crippen LogP contribution in [0, 0.1) is 0 Å². The Balaban J connectivity index is 0. The van der Waals surface area contributed by atoms with Gasteiger partial charge in [-0.2, -0.15) is 13.5 Å². The molecule has 0 spiro atoms. The summed E-state index contributed by atoms with van der Waals surface area (Å²) in [6.07, 6.45) is 0. The first-order valence-corrected chi connectivity index (χ1v) is 0. The summed E-state index contributed by atoms with van der Waals surface area (Å²) in [5.74, 6) is 0. The Kier molecular flexibility index (Phi) is 203. The maximum atomic E-state index is 0. The summed E-state index contributed by atoms with van der Waals surface area (Å²) in [7, 11) is 0. The standard InChI is InChI=1S/Co.Cu.Fe.H2S/h;;;1H2. The van der Waals surface area contributed by atoms with Crippen LogP contribution in [0.4, 0.5) is 0 Å². The summed E-state index contributed by atoms with van der Waals surface area (Å²) in [5.41, 5.74) is 0. The van der Waals surface area contributed by atoms with E-state index in [0.717, 1.165) is 0 Å². The van der Waals surface area contributed by atoms with Gasteiger partial charge in [0.1, 0.15) is 0 Å². The molecular weight excluding hydrogens is 210 g/mol. The molecule has 36 valence electrons. The normalized spacial score (nSPS) is 0. The Morgan fingerprint density at radius 1 is 1.00 bits per heavy atom. The van der Waals surface area contributed by atoms with Gasteiger partial charge in [0.05, 0.1) is 0 Å². The molecule has 0 rings (SSSR count). The van der Waals surface area contributed by atoms with E-state index < -0.39 is 0 Å². The Bertz CT molecular complexity index is 8.00. The summed E-state index contributed by atoms with van der Waals surface area (Å²) in [5, 5.41) is 0. The van der Waals surface area contributed by atoms with E-state index in [4.69, 9.17) is 0 Å². The zero-order valence-electron chi connectivity index (χ0n) is 1.49. The van der Waals surface area contributed by atoms with Gasteiger partial charge in [-0.05, 0) is 0 Å². The van der Waals surface area contributed by atoms with Crippen LogP contribution in [-0.2, 0) is 50.9 Å². The number of hydrogen-bond donors (Lipinski definition) is 0. The van der Waals surface area contributed by atoms with Crippen molar-refractivity contribution in [2.75, 3.05) is 0 Å². The van der Waals surface area contributed by atoms with Crippen LogP contribution in [0.5, 0.6) is 0 Å². The van der Waals surface area contributed by atoms with Crippen molar-refractivity contribution < 1.29 is 50.9 Å². The van der Waals surface area contributed by atoms with E-state index in [9.17, 15) is 0 Å². The van der Waals surface area contributed by atoms with Gasteiger partial charge in [-0.1, -0.05) is 0 Å². The van der Waals surface area contributed by atoms with Crippen molar-refractivity contribution in [3.8, 4) is 0 Å². The van der Waals surface area contributed by atoms with Gasteiger partial charge in [0.2, 0.25) is 0 Å². The molecule has 0 aromatic carbocycles. The predicted molar refractivity (Wildman–Crippen MR) is 10.4 cm³/mol. The van der Waals surface area contributed by atoms with Crippen LogP contribution < -0.4 is 0 Å². The van der Waals surface area contributed by atoms with E-state index in [1.807, 2.05) is 0 Å². The fourth-order valence-corrected chi connectivity index (χ4v) is 0. The molecule has 0 unspecified atom stereocenters. The van der Waals surface area contributed by atoms with E-state index >= 15 is 0 Å². The van der Waals surface area contributed by atoms with Crippen molar-refractivity contribution in [1.29, 1.82) is 0 Å². The predicted octanol–water partition coefficient (Wildman–Crippen LogP) is 0.105. The molecule has 0 aliphatic heterocycles. The molecule has 4 heavy (non-hydrogen) atoms. The first-order valence-electron chi connectivity index (χ1n) is 0. The number of rotatable bonds is 0. The Hall–Kier alpha value is 1.90. The molecule has 0 saturated carbocycles. The maximum Gasteiger partial charge on any atom is 0 e. The van der Waals surface area contributed by atoms with Gasteiger partial charge < -0.3 is 0 Å². The fourth-order valence-electron chi connectivity index (χ4n) is 0. The second-order valence-electron chi connectivity index (χ2n) is 0. The monoisotopic (exact) mass is 212 g/mol. The van der Waals surface area contributed by atoms with E-state index in [1.165, 1.54) is 0 Å². The second-order valence-corrected chi connectivity index (χ2v) is 0. The minimum Gasteiger partial charge on any atom is -0.197 e. The van der Waals surface area contributed by atoms with E-state index in [1.54, 1.807) is 0 Å². The van der Waals surface area contributed by atoms with Gasteiger partial charge in [0.25, 0.3) is 0 Å². The molecule has 0 aromatic rings. The third-order valence-corrected chi connectivity index (χ3v) is 0. The third-order valence-electron chi connectivity index (χ3n) is 0. The second kappa shape index (κ2) is 20.7. The van der Waals surface area contributed by atoms with Crippen LogP contribution in [0.3, 0.4) is 0 Å². The molecule has 0 saturated heterocycles. The van der Waals surface area contributed by atoms with Crippen molar-refractivity contribution in [2.45, 2.75) is 0 Å². The molecule has 0 amide bonds. The minimum atomic E-state index is 0. The van der Waals surface area contributed by atoms with Gasteiger partial charge in [-0.3, -0.25) is 0 Å². The first kappa shape index (κ1) is 39.3. The maximum absolute atomic E-state index is 0. The average Bonchev–Trinajstić information content (AvgIpc) is 0. The zero-order chi connectivity index (χ0) is 0. The minimum absolute atomic E-state index is 0. The van der Waals surface area contributed by atoms with Crippen molar-refractivity contribution in [1.82, 2.24) is 0 Å². The van der Waals surface area contributed by atoms with Crippen LogP contribution >= 0.6 is 13.5 Å². The first-order chi connectivity index (χ1) is 0. The van der Waals surface area contributed by atoms with Crippen molar-refractivity contribution >= 4 is 13.5 Å². The average molecular weight is 212 g/mol. The van der Waals surface area contributed by atoms with Gasteiger partial charge in [0.15, 0.2) is 0 Å². The molecule has 0 bridgehead atoms. The zero-order valence-corrected chi connectivity index (χ0v) is 5.58. The quantitative estimate of drug-likeness (QED) is 0.500. The molecule has 0 heterocycles. The van der Waals surface area contributed by atoms with Crippen LogP contribution in [0.25, 0.3) is 0 Å². The summed E-state index contributed by atoms with van der Waals surface area (Å²) < 4.78 is 0. The summed E-state index contributed by atoms with van der Waals surface area (Å²) in [4.78, 5) is 0. The molecule has 0 atom stereocenters. The largest absolute Gasteiger partial charge is 0.197 e. The fraction of sp³-hybridized carbons (Fsp3) is 0. The Morgan fingerprint density at radius 3 is 1.00 bits per heavy atom. The van der Waals surface area contributed by atoms with Crippen molar-refractivity contribution in [2.24, 2.45) is 0 Å². The molecule has 0 aliphatic rings. The third kappa shape index (κ3) is 9.09. The summed E-state index contributed by atoms with van der Waals surface area (Å²) in [6.45, 7) is 0. The van der Waals surface area contributed by atoms with Crippen molar-refractivity contribution in [3.63, 3.8) is 0 Å². The van der Waals surface area contributed by atoms with E-state index in [-0.39, 0.29) is 64.4 Å². The summed E-state index contributed by atoms with van der Waals surface area (Å²) in [6, 6.07) is 0. The van der Waals surface area contributed by atoms with E-state index in [0.29, 0.717) is 0 Å². The number of hydrogen-bond acceptors (Lipinski definition) is 0. The Morgan fingerprint density at radius 2 is 1.00 bits per heavy atom. The van der Waals surface area contributed by atoms with Crippen molar-refractivity contribution in [3.05, 3.63) is 0 Å². The molecule has 0 fully saturated rings. The topological polar surface area (TPSA) is 0 Å². The molecular formula is H2CoCuFeS. The van der Waals surface area contributed by atoms with Gasteiger partial charge in [0, 0.05) is 50.9 Å². The molecule has 0 N–H and O–H groups in total. The van der Waals surface area contributed by atoms with Crippen LogP contribution in [0.1, 0.15) is 0 Å².